The van der Waals surface area contributed by atoms with Gasteiger partial charge in [-0.2, -0.15) is 0 Å². The van der Waals surface area contributed by atoms with Crippen LogP contribution in [0.25, 0.3) is 0 Å². The first-order valence-electron chi connectivity index (χ1n) is 4.39. The van der Waals surface area contributed by atoms with Crippen molar-refractivity contribution in [2.24, 2.45) is 0 Å². The number of hydrogen-bond acceptors (Lipinski definition) is 7. The minimum atomic E-state index is -1.37. The third kappa shape index (κ3) is 2.97. The normalized spacial score (nSPS) is 11.9. The van der Waals surface area contributed by atoms with Gasteiger partial charge in [0.15, 0.2) is 6.10 Å². The molecular weight excluding hydrogens is 234 g/mol. The van der Waals surface area contributed by atoms with Crippen molar-refractivity contribution in [1.82, 2.24) is 14.9 Å². The number of esters is 1. The summed E-state index contributed by atoms with van der Waals surface area (Å²) < 4.78 is 7.89. The summed E-state index contributed by atoms with van der Waals surface area (Å²) in [6.07, 6.45) is -1.37. The van der Waals surface area contributed by atoms with Gasteiger partial charge in [0.05, 0.1) is 19.3 Å². The number of ether oxygens (including phenoxy) is 1. The first-order chi connectivity index (χ1) is 7.56. The standard InChI is InChI=1S/C8H11N3O4S/c1-4-6(16-11-10-4)7(13)9-3-5(12)8(14)15-2/h5,12H,3H2,1-2H3,(H,9,13). The zero-order valence-corrected chi connectivity index (χ0v) is 9.58. The van der Waals surface area contributed by atoms with Crippen molar-refractivity contribution in [3.63, 3.8) is 0 Å². The number of amides is 1. The van der Waals surface area contributed by atoms with E-state index in [1.165, 1.54) is 0 Å². The number of aliphatic hydroxyl groups is 1. The van der Waals surface area contributed by atoms with E-state index in [1.807, 2.05) is 0 Å². The maximum atomic E-state index is 11.5. The van der Waals surface area contributed by atoms with Crippen molar-refractivity contribution in [2.75, 3.05) is 13.7 Å². The van der Waals surface area contributed by atoms with Gasteiger partial charge >= 0.3 is 5.97 Å². The molecule has 1 aromatic rings. The van der Waals surface area contributed by atoms with E-state index in [-0.39, 0.29) is 6.54 Å². The Morgan fingerprint density at radius 1 is 1.62 bits per heavy atom. The van der Waals surface area contributed by atoms with Crippen LogP contribution in [0.1, 0.15) is 15.4 Å². The molecule has 2 N–H and O–H groups in total. The SMILES string of the molecule is COC(=O)C(O)CNC(=O)c1snnc1C. The molecule has 88 valence electrons. The molecule has 8 heteroatoms. The number of aryl methyl sites for hydroxylation is 1. The minimum Gasteiger partial charge on any atom is -0.467 e. The van der Waals surface area contributed by atoms with Gasteiger partial charge in [-0.1, -0.05) is 4.49 Å². The van der Waals surface area contributed by atoms with Crippen molar-refractivity contribution >= 4 is 23.4 Å². The lowest BCUT2D eigenvalue weighted by atomic mass is 10.3. The Morgan fingerprint density at radius 2 is 2.31 bits per heavy atom. The number of carbonyl (C=O) groups excluding carboxylic acids is 2. The van der Waals surface area contributed by atoms with E-state index in [2.05, 4.69) is 19.6 Å². The van der Waals surface area contributed by atoms with Gasteiger partial charge in [0, 0.05) is 0 Å². The highest BCUT2D eigenvalue weighted by Gasteiger charge is 2.18. The summed E-state index contributed by atoms with van der Waals surface area (Å²) in [7, 11) is 1.16. The van der Waals surface area contributed by atoms with Crippen LogP contribution in [0, 0.1) is 6.92 Å². The lowest BCUT2D eigenvalue weighted by Gasteiger charge is -2.08. The summed E-state index contributed by atoms with van der Waals surface area (Å²) in [4.78, 5) is 22.7. The van der Waals surface area contributed by atoms with E-state index in [0.717, 1.165) is 18.6 Å². The molecule has 1 aromatic heterocycles. The van der Waals surface area contributed by atoms with E-state index in [9.17, 15) is 14.7 Å². The molecule has 1 atom stereocenters. The lowest BCUT2D eigenvalue weighted by molar-refractivity contribution is -0.149. The fourth-order valence-electron chi connectivity index (χ4n) is 0.929. The summed E-state index contributed by atoms with van der Waals surface area (Å²) in [6.45, 7) is 1.44. The summed E-state index contributed by atoms with van der Waals surface area (Å²) >= 11 is 0.953. The van der Waals surface area contributed by atoms with Gasteiger partial charge in [0.1, 0.15) is 4.88 Å². The van der Waals surface area contributed by atoms with E-state index < -0.39 is 18.0 Å². The molecule has 0 spiro atoms. The second-order valence-electron chi connectivity index (χ2n) is 2.94. The molecule has 1 amide bonds. The van der Waals surface area contributed by atoms with Crippen LogP contribution < -0.4 is 5.32 Å². The van der Waals surface area contributed by atoms with E-state index in [0.29, 0.717) is 10.6 Å². The highest BCUT2D eigenvalue weighted by Crippen LogP contribution is 2.08. The fraction of sp³-hybridized carbons (Fsp3) is 0.500. The molecule has 1 rings (SSSR count). The first kappa shape index (κ1) is 12.5. The second-order valence-corrected chi connectivity index (χ2v) is 3.69. The van der Waals surface area contributed by atoms with Crippen LogP contribution >= 0.6 is 11.5 Å². The quantitative estimate of drug-likeness (QED) is 0.667. The van der Waals surface area contributed by atoms with Gasteiger partial charge in [-0.25, -0.2) is 4.79 Å². The molecule has 7 nitrogen and oxygen atoms in total. The number of methoxy groups -OCH3 is 1. The molecule has 1 unspecified atom stereocenters. The Morgan fingerprint density at radius 3 is 2.81 bits per heavy atom. The molecule has 0 saturated heterocycles. The van der Waals surface area contributed by atoms with Crippen molar-refractivity contribution in [1.29, 1.82) is 0 Å². The number of aromatic nitrogens is 2. The van der Waals surface area contributed by atoms with Crippen LogP contribution in [-0.4, -0.2) is 46.3 Å². The second kappa shape index (κ2) is 5.52. The minimum absolute atomic E-state index is 0.206. The number of hydrogen-bond donors (Lipinski definition) is 2. The van der Waals surface area contributed by atoms with Crippen LogP contribution in [0.5, 0.6) is 0 Å². The van der Waals surface area contributed by atoms with Gasteiger partial charge in [-0.05, 0) is 18.5 Å². The molecule has 0 aromatic carbocycles. The Kier molecular flexibility index (Phi) is 4.32. The van der Waals surface area contributed by atoms with Gasteiger partial charge in [-0.3, -0.25) is 4.79 Å². The van der Waals surface area contributed by atoms with Crippen molar-refractivity contribution < 1.29 is 19.4 Å². The average Bonchev–Trinajstić information content (AvgIpc) is 2.70. The predicted molar refractivity (Wildman–Crippen MR) is 55.0 cm³/mol. The Balaban J connectivity index is 2.48. The van der Waals surface area contributed by atoms with Crippen LogP contribution in [0.2, 0.25) is 0 Å². The predicted octanol–water partition coefficient (Wildman–Crippen LogP) is -0.890. The number of carbonyl (C=O) groups is 2. The largest absolute Gasteiger partial charge is 0.467 e. The van der Waals surface area contributed by atoms with Gasteiger partial charge < -0.3 is 15.2 Å². The highest BCUT2D eigenvalue weighted by atomic mass is 32.1. The van der Waals surface area contributed by atoms with Crippen molar-refractivity contribution in [3.8, 4) is 0 Å². The first-order valence-corrected chi connectivity index (χ1v) is 5.16. The summed E-state index contributed by atoms with van der Waals surface area (Å²) in [5.41, 5.74) is 0.509. The molecule has 0 aliphatic rings. The molecular formula is C8H11N3O4S. The smallest absolute Gasteiger partial charge is 0.336 e. The van der Waals surface area contributed by atoms with E-state index in [1.54, 1.807) is 6.92 Å². The van der Waals surface area contributed by atoms with Gasteiger partial charge in [0.25, 0.3) is 5.91 Å². The van der Waals surface area contributed by atoms with Crippen LogP contribution in [0.3, 0.4) is 0 Å². The number of nitrogens with zero attached hydrogens (tertiary/aromatic N) is 2. The molecule has 0 fully saturated rings. The Bertz CT molecular complexity index is 392. The Hall–Kier alpha value is -1.54. The maximum absolute atomic E-state index is 11.5. The monoisotopic (exact) mass is 245 g/mol. The zero-order valence-electron chi connectivity index (χ0n) is 8.76. The summed E-state index contributed by atoms with van der Waals surface area (Å²) in [5.74, 6) is -1.21. The molecule has 1 heterocycles. The molecule has 0 saturated carbocycles. The third-order valence-corrected chi connectivity index (χ3v) is 2.61. The topological polar surface area (TPSA) is 101 Å². The zero-order chi connectivity index (χ0) is 12.1. The average molecular weight is 245 g/mol. The molecule has 16 heavy (non-hydrogen) atoms. The number of aliphatic hydroxyl groups excluding tert-OH is 1. The molecule has 0 aliphatic carbocycles. The van der Waals surface area contributed by atoms with E-state index in [4.69, 9.17) is 0 Å². The van der Waals surface area contributed by atoms with E-state index >= 15 is 0 Å². The van der Waals surface area contributed by atoms with Crippen molar-refractivity contribution in [2.45, 2.75) is 13.0 Å². The maximum Gasteiger partial charge on any atom is 0.336 e. The van der Waals surface area contributed by atoms with Crippen molar-refractivity contribution in [3.05, 3.63) is 10.6 Å². The number of nitrogens with one attached hydrogen (secondary N) is 1. The van der Waals surface area contributed by atoms with Crippen LogP contribution in [-0.2, 0) is 9.53 Å². The molecule has 0 bridgehead atoms. The third-order valence-electron chi connectivity index (χ3n) is 1.79. The fourth-order valence-corrected chi connectivity index (χ4v) is 1.50. The van der Waals surface area contributed by atoms with Crippen LogP contribution in [0.4, 0.5) is 0 Å². The molecule has 0 radical (unpaired) electrons. The Labute approximate surface area is 95.6 Å². The summed E-state index contributed by atoms with van der Waals surface area (Å²) in [6, 6.07) is 0. The van der Waals surface area contributed by atoms with Crippen LogP contribution in [0.15, 0.2) is 0 Å². The van der Waals surface area contributed by atoms with Gasteiger partial charge in [0.2, 0.25) is 0 Å². The number of rotatable bonds is 4. The van der Waals surface area contributed by atoms with Gasteiger partial charge in [-0.15, -0.1) is 5.10 Å². The summed E-state index contributed by atoms with van der Waals surface area (Å²) in [5, 5.41) is 15.3. The lowest BCUT2D eigenvalue weighted by Crippen LogP contribution is -2.37. The highest BCUT2D eigenvalue weighted by molar-refractivity contribution is 7.07. The molecule has 0 aliphatic heterocycles.